The first-order valence-electron chi connectivity index (χ1n) is 9.62. The van der Waals surface area contributed by atoms with Gasteiger partial charge in [-0.05, 0) is 36.2 Å². The fraction of sp³-hybridized carbons (Fsp3) is 0.174. The summed E-state index contributed by atoms with van der Waals surface area (Å²) in [4.78, 5) is 21.3. The lowest BCUT2D eigenvalue weighted by Gasteiger charge is -2.21. The molecule has 2 aromatic carbocycles. The third-order valence-electron chi connectivity index (χ3n) is 4.96. The number of benzene rings is 2. The summed E-state index contributed by atoms with van der Waals surface area (Å²) in [5.74, 6) is 0.619. The van der Waals surface area contributed by atoms with Gasteiger partial charge >= 0.3 is 0 Å². The van der Waals surface area contributed by atoms with Crippen LogP contribution >= 0.6 is 0 Å². The van der Waals surface area contributed by atoms with Gasteiger partial charge in [-0.3, -0.25) is 4.79 Å². The molecule has 3 aromatic rings. The third kappa shape index (κ3) is 4.27. The number of amides is 1. The lowest BCUT2D eigenvalue weighted by molar-refractivity contribution is 0.102. The summed E-state index contributed by atoms with van der Waals surface area (Å²) in [7, 11) is 0. The molecule has 2 heterocycles. The monoisotopic (exact) mass is 385 g/mol. The van der Waals surface area contributed by atoms with Crippen LogP contribution in [0.2, 0.25) is 0 Å². The minimum Gasteiger partial charge on any atom is -0.382 e. The lowest BCUT2D eigenvalue weighted by Crippen LogP contribution is -2.25. The number of hydrogen-bond acceptors (Lipinski definition) is 5. The van der Waals surface area contributed by atoms with Crippen molar-refractivity contribution in [1.29, 1.82) is 0 Å². The van der Waals surface area contributed by atoms with Gasteiger partial charge in [-0.15, -0.1) is 0 Å². The summed E-state index contributed by atoms with van der Waals surface area (Å²) >= 11 is 0. The number of anilines is 1. The Hall–Kier alpha value is -3.67. The summed E-state index contributed by atoms with van der Waals surface area (Å²) in [6, 6.07) is 19.1. The van der Waals surface area contributed by atoms with Crippen LogP contribution in [0.1, 0.15) is 29.4 Å². The maximum Gasteiger partial charge on any atom is 0.274 e. The first-order chi connectivity index (χ1) is 14.1. The van der Waals surface area contributed by atoms with E-state index in [2.05, 4.69) is 27.5 Å². The summed E-state index contributed by atoms with van der Waals surface area (Å²) in [6.07, 6.45) is 2.72. The molecule has 146 valence electrons. The van der Waals surface area contributed by atoms with E-state index in [1.165, 1.54) is 0 Å². The van der Waals surface area contributed by atoms with E-state index in [9.17, 15) is 4.79 Å². The normalized spacial score (nSPS) is 16.1. The Bertz CT molecular complexity index is 1120. The standard InChI is InChI=1S/C23H23N5O/c1-15-11-12-25-22(24)21(15)26-14-16-5-4-7-18(13-16)27-23(29)20-10-9-17-6-2-3-8-19(17)28-20/h2-10,12-13,15,26H,11,14,24H2,1H3,(H,27,29). The largest absolute Gasteiger partial charge is 0.382 e. The van der Waals surface area contributed by atoms with Crippen LogP contribution < -0.4 is 16.4 Å². The van der Waals surface area contributed by atoms with Crippen LogP contribution in [0.5, 0.6) is 0 Å². The van der Waals surface area contributed by atoms with Gasteiger partial charge < -0.3 is 16.4 Å². The van der Waals surface area contributed by atoms with Gasteiger partial charge in [0.25, 0.3) is 5.91 Å². The van der Waals surface area contributed by atoms with E-state index in [0.717, 1.165) is 34.3 Å². The number of aliphatic imine (C=N–C) groups is 1. The maximum absolute atomic E-state index is 12.6. The topological polar surface area (TPSA) is 92.4 Å². The number of pyridine rings is 1. The molecule has 0 saturated carbocycles. The van der Waals surface area contributed by atoms with Gasteiger partial charge in [-0.25, -0.2) is 9.98 Å². The van der Waals surface area contributed by atoms with Crippen molar-refractivity contribution in [2.45, 2.75) is 19.9 Å². The highest BCUT2D eigenvalue weighted by atomic mass is 16.1. The molecule has 6 heteroatoms. The number of nitrogens with one attached hydrogen (secondary N) is 2. The average Bonchev–Trinajstić information content (AvgIpc) is 2.73. The molecular formula is C23H23N5O. The van der Waals surface area contributed by atoms with Crippen LogP contribution in [0.15, 0.2) is 77.2 Å². The van der Waals surface area contributed by atoms with Crippen molar-refractivity contribution < 1.29 is 4.79 Å². The van der Waals surface area contributed by atoms with Crippen molar-refractivity contribution in [1.82, 2.24) is 10.3 Å². The molecule has 29 heavy (non-hydrogen) atoms. The Kier molecular flexibility index (Phi) is 5.24. The van der Waals surface area contributed by atoms with E-state index in [1.54, 1.807) is 6.07 Å². The highest BCUT2D eigenvalue weighted by Gasteiger charge is 2.15. The molecule has 0 aliphatic carbocycles. The van der Waals surface area contributed by atoms with Gasteiger partial charge in [0.2, 0.25) is 0 Å². The molecular weight excluding hydrogens is 362 g/mol. The van der Waals surface area contributed by atoms with Crippen LogP contribution in [-0.2, 0) is 6.54 Å². The van der Waals surface area contributed by atoms with Gasteiger partial charge in [-0.1, -0.05) is 43.3 Å². The quantitative estimate of drug-likeness (QED) is 0.623. The number of carbonyl (C=O) groups excluding carboxylic acids is 1. The fourth-order valence-electron chi connectivity index (χ4n) is 3.36. The van der Waals surface area contributed by atoms with Crippen LogP contribution in [0.4, 0.5) is 5.69 Å². The molecule has 1 unspecified atom stereocenters. The molecule has 1 aliphatic heterocycles. The van der Waals surface area contributed by atoms with Crippen molar-refractivity contribution in [2.24, 2.45) is 16.6 Å². The molecule has 0 spiro atoms. The molecule has 4 rings (SSSR count). The highest BCUT2D eigenvalue weighted by Crippen LogP contribution is 2.19. The zero-order valence-corrected chi connectivity index (χ0v) is 16.2. The zero-order chi connectivity index (χ0) is 20.2. The maximum atomic E-state index is 12.6. The zero-order valence-electron chi connectivity index (χ0n) is 16.2. The molecule has 0 radical (unpaired) electrons. The highest BCUT2D eigenvalue weighted by molar-refractivity contribution is 6.04. The van der Waals surface area contributed by atoms with Crippen molar-refractivity contribution in [2.75, 3.05) is 5.32 Å². The van der Waals surface area contributed by atoms with Crippen LogP contribution in [-0.4, -0.2) is 17.1 Å². The number of nitrogens with two attached hydrogens (primary N) is 1. The Morgan fingerprint density at radius 1 is 1.14 bits per heavy atom. The number of carbonyl (C=O) groups is 1. The predicted molar refractivity (Wildman–Crippen MR) is 116 cm³/mol. The molecule has 0 fully saturated rings. The molecule has 0 saturated heterocycles. The Labute approximate surface area is 169 Å². The summed E-state index contributed by atoms with van der Waals surface area (Å²) in [5, 5.41) is 7.32. The molecule has 1 aliphatic rings. The number of rotatable bonds is 5. The van der Waals surface area contributed by atoms with Gasteiger partial charge in [0.05, 0.1) is 11.2 Å². The van der Waals surface area contributed by atoms with Crippen LogP contribution in [0.25, 0.3) is 10.9 Å². The molecule has 1 amide bonds. The van der Waals surface area contributed by atoms with Gasteiger partial charge in [-0.2, -0.15) is 0 Å². The fourth-order valence-corrected chi connectivity index (χ4v) is 3.36. The van der Waals surface area contributed by atoms with Gasteiger partial charge in [0, 0.05) is 29.8 Å². The summed E-state index contributed by atoms with van der Waals surface area (Å²) in [5.41, 5.74) is 9.90. The molecule has 4 N–H and O–H groups in total. The Balaban J connectivity index is 1.45. The van der Waals surface area contributed by atoms with E-state index >= 15 is 0 Å². The number of hydrogen-bond donors (Lipinski definition) is 3. The number of allylic oxidation sites excluding steroid dienone is 1. The number of nitrogens with zero attached hydrogens (tertiary/aromatic N) is 2. The first-order valence-corrected chi connectivity index (χ1v) is 9.62. The van der Waals surface area contributed by atoms with Crippen molar-refractivity contribution in [3.05, 3.63) is 83.4 Å². The lowest BCUT2D eigenvalue weighted by atomic mass is 10.0. The minimum absolute atomic E-state index is 0.233. The third-order valence-corrected chi connectivity index (χ3v) is 4.96. The summed E-state index contributed by atoms with van der Waals surface area (Å²) in [6.45, 7) is 2.72. The van der Waals surface area contributed by atoms with E-state index in [4.69, 9.17) is 5.73 Å². The second kappa shape index (κ2) is 8.14. The number of para-hydroxylation sites is 1. The first kappa shape index (κ1) is 18.7. The number of fused-ring (bicyclic) bond motifs is 1. The SMILES string of the molecule is CC1CC=NC(N)=C1NCc1cccc(NC(=O)c2ccc3ccccc3n2)c1. The van der Waals surface area contributed by atoms with Crippen molar-refractivity contribution in [3.8, 4) is 0 Å². The van der Waals surface area contributed by atoms with Gasteiger partial charge in [0.1, 0.15) is 11.5 Å². The van der Waals surface area contributed by atoms with E-state index in [0.29, 0.717) is 24.0 Å². The van der Waals surface area contributed by atoms with Crippen LogP contribution in [0, 0.1) is 5.92 Å². The molecule has 1 aromatic heterocycles. The van der Waals surface area contributed by atoms with Crippen LogP contribution in [0.3, 0.4) is 0 Å². The van der Waals surface area contributed by atoms with E-state index in [-0.39, 0.29) is 5.91 Å². The Morgan fingerprint density at radius 2 is 2.00 bits per heavy atom. The smallest absolute Gasteiger partial charge is 0.274 e. The molecule has 0 bridgehead atoms. The minimum atomic E-state index is -0.233. The van der Waals surface area contributed by atoms with E-state index in [1.807, 2.05) is 60.8 Å². The molecule has 6 nitrogen and oxygen atoms in total. The predicted octanol–water partition coefficient (Wildman–Crippen LogP) is 3.82. The summed E-state index contributed by atoms with van der Waals surface area (Å²) < 4.78 is 0. The van der Waals surface area contributed by atoms with E-state index < -0.39 is 0 Å². The van der Waals surface area contributed by atoms with Gasteiger partial charge in [0.15, 0.2) is 0 Å². The van der Waals surface area contributed by atoms with Crippen molar-refractivity contribution >= 4 is 28.7 Å². The second-order valence-electron chi connectivity index (χ2n) is 7.14. The second-order valence-corrected chi connectivity index (χ2v) is 7.14. The van der Waals surface area contributed by atoms with Crippen molar-refractivity contribution in [3.63, 3.8) is 0 Å². The molecule has 1 atom stereocenters. The Morgan fingerprint density at radius 3 is 2.86 bits per heavy atom. The number of aromatic nitrogens is 1. The average molecular weight is 385 g/mol.